The molecular weight excluding hydrogens is 375 g/mol. The molecule has 1 saturated heterocycles. The van der Waals surface area contributed by atoms with Crippen LogP contribution in [0.15, 0.2) is 4.99 Å². The summed E-state index contributed by atoms with van der Waals surface area (Å²) in [5.74, 6) is 1.82. The largest absolute Gasteiger partial charge is 0.357 e. The van der Waals surface area contributed by atoms with Gasteiger partial charge >= 0.3 is 0 Å². The van der Waals surface area contributed by atoms with Crippen LogP contribution in [0.5, 0.6) is 0 Å². The van der Waals surface area contributed by atoms with E-state index < -0.39 is 0 Å². The molecule has 1 aliphatic heterocycles. The zero-order valence-corrected chi connectivity index (χ0v) is 16.2. The number of guanidine groups is 1. The molecule has 3 atom stereocenters. The molecular formula is C16H33IN4. The Morgan fingerprint density at radius 2 is 2.05 bits per heavy atom. The Labute approximate surface area is 147 Å². The summed E-state index contributed by atoms with van der Waals surface area (Å²) in [5, 5.41) is 6.88. The van der Waals surface area contributed by atoms with Crippen molar-refractivity contribution in [2.24, 2.45) is 10.9 Å². The normalized spacial score (nSPS) is 29.7. The van der Waals surface area contributed by atoms with E-state index in [4.69, 9.17) is 4.99 Å². The predicted octanol–water partition coefficient (Wildman–Crippen LogP) is 2.83. The first-order chi connectivity index (χ1) is 9.74. The Balaban J connectivity index is 0.00000220. The average Bonchev–Trinajstić information content (AvgIpc) is 3.15. The molecule has 124 valence electrons. The van der Waals surface area contributed by atoms with Crippen molar-refractivity contribution >= 4 is 29.9 Å². The van der Waals surface area contributed by atoms with Gasteiger partial charge < -0.3 is 10.6 Å². The second-order valence-corrected chi connectivity index (χ2v) is 6.32. The Morgan fingerprint density at radius 3 is 2.67 bits per heavy atom. The van der Waals surface area contributed by atoms with E-state index in [1.54, 1.807) is 0 Å². The molecule has 0 bridgehead atoms. The highest BCUT2D eigenvalue weighted by atomic mass is 127. The predicted molar refractivity (Wildman–Crippen MR) is 102 cm³/mol. The van der Waals surface area contributed by atoms with Crippen molar-refractivity contribution in [3.05, 3.63) is 0 Å². The van der Waals surface area contributed by atoms with E-state index in [9.17, 15) is 0 Å². The minimum absolute atomic E-state index is 0. The minimum Gasteiger partial charge on any atom is -0.357 e. The highest BCUT2D eigenvalue weighted by Crippen LogP contribution is 2.28. The van der Waals surface area contributed by atoms with Gasteiger partial charge in [0.25, 0.3) is 0 Å². The third-order valence-corrected chi connectivity index (χ3v) is 4.65. The fourth-order valence-corrected chi connectivity index (χ4v) is 3.13. The molecule has 2 fully saturated rings. The molecule has 2 aliphatic rings. The summed E-state index contributed by atoms with van der Waals surface area (Å²) in [4.78, 5) is 7.38. The Hall–Kier alpha value is -0.0400. The Bertz CT molecular complexity index is 321. The van der Waals surface area contributed by atoms with E-state index in [2.05, 4.69) is 36.3 Å². The molecule has 1 saturated carbocycles. The maximum atomic E-state index is 4.74. The molecule has 0 radical (unpaired) electrons. The molecule has 2 rings (SSSR count). The summed E-state index contributed by atoms with van der Waals surface area (Å²) in [5.41, 5.74) is 0. The summed E-state index contributed by atoms with van der Waals surface area (Å²) >= 11 is 0. The molecule has 1 aliphatic carbocycles. The summed E-state index contributed by atoms with van der Waals surface area (Å²) in [6.45, 7) is 11.0. The van der Waals surface area contributed by atoms with Crippen molar-refractivity contribution in [2.45, 2.75) is 65.0 Å². The SMILES string of the molecule is CCNC(=NCCN1CCCCC1CC)NC1CC1C.I. The van der Waals surface area contributed by atoms with Crippen LogP contribution in [0.25, 0.3) is 0 Å². The van der Waals surface area contributed by atoms with Crippen LogP contribution >= 0.6 is 24.0 Å². The molecule has 3 unspecified atom stereocenters. The van der Waals surface area contributed by atoms with Gasteiger partial charge in [0.15, 0.2) is 5.96 Å². The van der Waals surface area contributed by atoms with Gasteiger partial charge in [0.1, 0.15) is 0 Å². The van der Waals surface area contributed by atoms with Gasteiger partial charge in [-0.05, 0) is 45.1 Å². The fraction of sp³-hybridized carbons (Fsp3) is 0.938. The second-order valence-electron chi connectivity index (χ2n) is 6.32. The molecule has 0 amide bonds. The lowest BCUT2D eigenvalue weighted by molar-refractivity contribution is 0.148. The average molecular weight is 408 g/mol. The van der Waals surface area contributed by atoms with Crippen LogP contribution < -0.4 is 10.6 Å². The van der Waals surface area contributed by atoms with Crippen molar-refractivity contribution in [3.63, 3.8) is 0 Å². The van der Waals surface area contributed by atoms with Crippen molar-refractivity contribution in [2.75, 3.05) is 26.2 Å². The van der Waals surface area contributed by atoms with E-state index in [1.807, 2.05) is 0 Å². The number of hydrogen-bond donors (Lipinski definition) is 2. The molecule has 21 heavy (non-hydrogen) atoms. The third-order valence-electron chi connectivity index (χ3n) is 4.65. The van der Waals surface area contributed by atoms with Crippen molar-refractivity contribution in [3.8, 4) is 0 Å². The van der Waals surface area contributed by atoms with Gasteiger partial charge in [-0.1, -0.05) is 20.3 Å². The van der Waals surface area contributed by atoms with Crippen LogP contribution in [0, 0.1) is 5.92 Å². The summed E-state index contributed by atoms with van der Waals surface area (Å²) in [6, 6.07) is 1.43. The first kappa shape index (κ1) is 19.0. The van der Waals surface area contributed by atoms with Crippen LogP contribution in [0.2, 0.25) is 0 Å². The highest BCUT2D eigenvalue weighted by Gasteiger charge is 2.33. The van der Waals surface area contributed by atoms with Gasteiger partial charge in [-0.15, -0.1) is 24.0 Å². The lowest BCUT2D eigenvalue weighted by atomic mass is 10.0. The van der Waals surface area contributed by atoms with E-state index in [0.29, 0.717) is 6.04 Å². The number of nitrogens with one attached hydrogen (secondary N) is 2. The van der Waals surface area contributed by atoms with Crippen LogP contribution in [-0.4, -0.2) is 49.1 Å². The number of aliphatic imine (C=N–C) groups is 1. The number of piperidine rings is 1. The highest BCUT2D eigenvalue weighted by molar-refractivity contribution is 14.0. The van der Waals surface area contributed by atoms with Crippen molar-refractivity contribution in [1.82, 2.24) is 15.5 Å². The van der Waals surface area contributed by atoms with Crippen LogP contribution in [0.1, 0.15) is 52.9 Å². The summed E-state index contributed by atoms with van der Waals surface area (Å²) < 4.78 is 0. The standard InChI is InChI=1S/C16H32N4.HI/c1-4-14-8-6-7-10-20(14)11-9-18-16(17-5-2)19-15-12-13(15)3;/h13-15H,4-12H2,1-3H3,(H2,17,18,19);1H. The first-order valence-corrected chi connectivity index (χ1v) is 8.53. The second kappa shape index (κ2) is 9.87. The van der Waals surface area contributed by atoms with Gasteiger partial charge in [-0.25, -0.2) is 0 Å². The minimum atomic E-state index is 0. The molecule has 0 aromatic rings. The quantitative estimate of drug-likeness (QED) is 0.404. The number of halogens is 1. The van der Waals surface area contributed by atoms with Crippen molar-refractivity contribution in [1.29, 1.82) is 0 Å². The molecule has 4 nitrogen and oxygen atoms in total. The zero-order valence-electron chi connectivity index (χ0n) is 13.9. The Kier molecular flexibility index (Phi) is 8.94. The van der Waals surface area contributed by atoms with Crippen molar-refractivity contribution < 1.29 is 0 Å². The Morgan fingerprint density at radius 1 is 1.29 bits per heavy atom. The van der Waals surface area contributed by atoms with Crippen LogP contribution in [0.3, 0.4) is 0 Å². The first-order valence-electron chi connectivity index (χ1n) is 8.53. The van der Waals surface area contributed by atoms with Gasteiger partial charge in [-0.3, -0.25) is 9.89 Å². The van der Waals surface area contributed by atoms with Gasteiger partial charge in [-0.2, -0.15) is 0 Å². The zero-order chi connectivity index (χ0) is 14.4. The van der Waals surface area contributed by atoms with E-state index in [1.165, 1.54) is 38.6 Å². The van der Waals surface area contributed by atoms with E-state index >= 15 is 0 Å². The number of nitrogens with zero attached hydrogens (tertiary/aromatic N) is 2. The van der Waals surface area contributed by atoms with Gasteiger partial charge in [0, 0.05) is 25.2 Å². The number of rotatable bonds is 6. The molecule has 0 aromatic carbocycles. The lowest BCUT2D eigenvalue weighted by Crippen LogP contribution is -2.42. The van der Waals surface area contributed by atoms with Gasteiger partial charge in [0.2, 0.25) is 0 Å². The molecule has 1 heterocycles. The third kappa shape index (κ3) is 6.30. The number of likely N-dealkylation sites (tertiary alicyclic amines) is 1. The maximum Gasteiger partial charge on any atom is 0.191 e. The summed E-state index contributed by atoms with van der Waals surface area (Å²) in [6.07, 6.45) is 6.70. The molecule has 5 heteroatoms. The summed E-state index contributed by atoms with van der Waals surface area (Å²) in [7, 11) is 0. The molecule has 0 spiro atoms. The topological polar surface area (TPSA) is 39.7 Å². The maximum absolute atomic E-state index is 4.74. The number of hydrogen-bond acceptors (Lipinski definition) is 2. The van der Waals surface area contributed by atoms with Gasteiger partial charge in [0.05, 0.1) is 6.54 Å². The van der Waals surface area contributed by atoms with E-state index in [-0.39, 0.29) is 24.0 Å². The van der Waals surface area contributed by atoms with E-state index in [0.717, 1.165) is 37.6 Å². The molecule has 2 N–H and O–H groups in total. The van der Waals surface area contributed by atoms with Crippen LogP contribution in [0.4, 0.5) is 0 Å². The molecule has 0 aromatic heterocycles. The van der Waals surface area contributed by atoms with Crippen LogP contribution in [-0.2, 0) is 0 Å². The smallest absolute Gasteiger partial charge is 0.191 e. The fourth-order valence-electron chi connectivity index (χ4n) is 3.13. The lowest BCUT2D eigenvalue weighted by Gasteiger charge is -2.34. The monoisotopic (exact) mass is 408 g/mol.